The zero-order chi connectivity index (χ0) is 22.1. The lowest BCUT2D eigenvalue weighted by Crippen LogP contribution is -2.37. The van der Waals surface area contributed by atoms with Crippen molar-refractivity contribution < 1.29 is 4.79 Å². The van der Waals surface area contributed by atoms with E-state index in [9.17, 15) is 9.59 Å². The minimum absolute atomic E-state index is 0.270. The van der Waals surface area contributed by atoms with Crippen LogP contribution in [0.3, 0.4) is 0 Å². The van der Waals surface area contributed by atoms with Crippen molar-refractivity contribution in [2.45, 2.75) is 40.3 Å². The summed E-state index contributed by atoms with van der Waals surface area (Å²) in [6.45, 7) is 7.83. The molecule has 31 heavy (non-hydrogen) atoms. The first kappa shape index (κ1) is 20.5. The Morgan fingerprint density at radius 1 is 1.00 bits per heavy atom. The monoisotopic (exact) mass is 415 g/mol. The highest BCUT2D eigenvalue weighted by Gasteiger charge is 2.23. The van der Waals surface area contributed by atoms with Crippen molar-refractivity contribution in [2.75, 3.05) is 0 Å². The van der Waals surface area contributed by atoms with E-state index in [0.29, 0.717) is 17.8 Å². The molecular weight excluding hydrogens is 390 g/mol. The van der Waals surface area contributed by atoms with Crippen molar-refractivity contribution in [3.05, 3.63) is 87.5 Å². The predicted octanol–water partition coefficient (Wildman–Crippen LogP) is 3.38. The molecule has 0 saturated heterocycles. The number of amides is 1. The topological polar surface area (TPSA) is 81.8 Å². The molecule has 0 aliphatic rings. The van der Waals surface area contributed by atoms with E-state index in [4.69, 9.17) is 0 Å². The van der Waals surface area contributed by atoms with Crippen LogP contribution >= 0.6 is 0 Å². The molecule has 2 aromatic carbocycles. The van der Waals surface area contributed by atoms with Gasteiger partial charge in [0, 0.05) is 6.54 Å². The molecule has 7 heteroatoms. The number of nitrogens with one attached hydrogen (secondary N) is 1. The average Bonchev–Trinajstić information content (AvgIpc) is 3.14. The Morgan fingerprint density at radius 2 is 1.68 bits per heavy atom. The Morgan fingerprint density at radius 3 is 2.35 bits per heavy atom. The fraction of sp³-hybridized carbons (Fsp3) is 0.250. The quantitative estimate of drug-likeness (QED) is 0.542. The molecule has 0 spiro atoms. The number of fused-ring (bicyclic) bond motifs is 1. The Balaban J connectivity index is 1.66. The van der Waals surface area contributed by atoms with Crippen molar-refractivity contribution in [1.82, 2.24) is 24.9 Å². The first-order chi connectivity index (χ1) is 14.9. The van der Waals surface area contributed by atoms with Crippen LogP contribution in [0.1, 0.15) is 35.5 Å². The average molecular weight is 415 g/mol. The smallest absolute Gasteiger partial charge is 0.295 e. The maximum absolute atomic E-state index is 13.2. The molecule has 0 bridgehead atoms. The Bertz CT molecular complexity index is 1300. The molecule has 1 amide bonds. The summed E-state index contributed by atoms with van der Waals surface area (Å²) in [6, 6.07) is 16.8. The molecule has 1 unspecified atom stereocenters. The molecule has 0 radical (unpaired) electrons. The van der Waals surface area contributed by atoms with Crippen LogP contribution in [0.15, 0.2) is 59.4 Å². The van der Waals surface area contributed by atoms with Gasteiger partial charge in [-0.25, -0.2) is 9.36 Å². The highest BCUT2D eigenvalue weighted by atomic mass is 16.2. The molecule has 2 heterocycles. The van der Waals surface area contributed by atoms with Crippen molar-refractivity contribution in [3.63, 3.8) is 0 Å². The van der Waals surface area contributed by atoms with Gasteiger partial charge in [-0.3, -0.25) is 9.59 Å². The molecule has 158 valence electrons. The van der Waals surface area contributed by atoms with E-state index in [-0.39, 0.29) is 11.5 Å². The third kappa shape index (κ3) is 3.86. The highest BCUT2D eigenvalue weighted by Crippen LogP contribution is 2.21. The highest BCUT2D eigenvalue weighted by molar-refractivity contribution is 5.84. The van der Waals surface area contributed by atoms with Crippen molar-refractivity contribution >= 4 is 16.8 Å². The van der Waals surface area contributed by atoms with Crippen molar-refractivity contribution in [3.8, 4) is 5.69 Å². The third-order valence-electron chi connectivity index (χ3n) is 5.48. The molecule has 0 fully saturated rings. The first-order valence-corrected chi connectivity index (χ1v) is 10.2. The molecular formula is C24H25N5O2. The summed E-state index contributed by atoms with van der Waals surface area (Å²) in [5.41, 5.74) is 4.46. The Hall–Kier alpha value is -3.74. The van der Waals surface area contributed by atoms with E-state index in [1.807, 2.05) is 75.4 Å². The van der Waals surface area contributed by atoms with Crippen LogP contribution in [-0.4, -0.2) is 25.5 Å². The molecule has 4 rings (SSSR count). The van der Waals surface area contributed by atoms with Crippen LogP contribution in [0.4, 0.5) is 0 Å². The second-order valence-electron chi connectivity index (χ2n) is 7.77. The summed E-state index contributed by atoms with van der Waals surface area (Å²) in [4.78, 5) is 25.9. The standard InChI is InChI=1S/C24H25N5O2/c1-15-10-12-19(13-11-15)14-25-23(30)18(4)29-24(31)22-21(16(2)26-29)17(3)28(27-22)20-8-6-5-7-9-20/h5-13,18H,14H2,1-4H3,(H,25,30). The van der Waals surface area contributed by atoms with Gasteiger partial charge in [0.25, 0.3) is 5.56 Å². The van der Waals surface area contributed by atoms with Gasteiger partial charge in [-0.15, -0.1) is 0 Å². The van der Waals surface area contributed by atoms with Gasteiger partial charge in [0.1, 0.15) is 6.04 Å². The predicted molar refractivity (Wildman–Crippen MR) is 120 cm³/mol. The lowest BCUT2D eigenvalue weighted by Gasteiger charge is -2.15. The normalized spacial score (nSPS) is 12.1. The molecule has 2 aromatic heterocycles. The van der Waals surface area contributed by atoms with Crippen molar-refractivity contribution in [1.29, 1.82) is 0 Å². The molecule has 1 atom stereocenters. The minimum Gasteiger partial charge on any atom is -0.350 e. The molecule has 0 aliphatic carbocycles. The van der Waals surface area contributed by atoms with E-state index in [1.165, 1.54) is 4.68 Å². The fourth-order valence-electron chi connectivity index (χ4n) is 3.69. The van der Waals surface area contributed by atoms with Crippen LogP contribution in [0, 0.1) is 20.8 Å². The van der Waals surface area contributed by atoms with E-state index in [2.05, 4.69) is 15.5 Å². The lowest BCUT2D eigenvalue weighted by molar-refractivity contribution is -0.124. The minimum atomic E-state index is -0.761. The second kappa shape index (κ2) is 8.18. The third-order valence-corrected chi connectivity index (χ3v) is 5.48. The van der Waals surface area contributed by atoms with Crippen LogP contribution in [0.5, 0.6) is 0 Å². The Labute approximate surface area is 180 Å². The second-order valence-corrected chi connectivity index (χ2v) is 7.77. The van der Waals surface area contributed by atoms with E-state index in [1.54, 1.807) is 11.6 Å². The lowest BCUT2D eigenvalue weighted by atomic mass is 10.1. The summed E-state index contributed by atoms with van der Waals surface area (Å²) in [5, 5.41) is 12.6. The van der Waals surface area contributed by atoms with E-state index >= 15 is 0 Å². The number of aryl methyl sites for hydroxylation is 3. The van der Waals surface area contributed by atoms with Crippen LogP contribution in [0.2, 0.25) is 0 Å². The van der Waals surface area contributed by atoms with Gasteiger partial charge >= 0.3 is 0 Å². The maximum Gasteiger partial charge on any atom is 0.295 e. The van der Waals surface area contributed by atoms with Gasteiger partial charge in [0.15, 0.2) is 5.52 Å². The van der Waals surface area contributed by atoms with Gasteiger partial charge in [-0.2, -0.15) is 10.2 Å². The number of hydrogen-bond donors (Lipinski definition) is 1. The SMILES string of the molecule is Cc1ccc(CNC(=O)C(C)n2nc(C)c3c(C)n(-c4ccccc4)nc3c2=O)cc1. The number of nitrogens with zero attached hydrogens (tertiary/aromatic N) is 4. The molecule has 4 aromatic rings. The van der Waals surface area contributed by atoms with Crippen LogP contribution in [0.25, 0.3) is 16.6 Å². The number of carbonyl (C=O) groups is 1. The number of aromatic nitrogens is 4. The molecule has 0 saturated carbocycles. The van der Waals surface area contributed by atoms with Crippen LogP contribution in [-0.2, 0) is 11.3 Å². The van der Waals surface area contributed by atoms with Crippen LogP contribution < -0.4 is 10.9 Å². The van der Waals surface area contributed by atoms with Crippen molar-refractivity contribution in [2.24, 2.45) is 0 Å². The van der Waals surface area contributed by atoms with Gasteiger partial charge in [0.2, 0.25) is 5.91 Å². The number of carbonyl (C=O) groups excluding carboxylic acids is 1. The van der Waals surface area contributed by atoms with Gasteiger partial charge in [0.05, 0.1) is 22.5 Å². The summed E-state index contributed by atoms with van der Waals surface area (Å²) in [7, 11) is 0. The summed E-state index contributed by atoms with van der Waals surface area (Å²) in [5.74, 6) is -0.270. The number of rotatable bonds is 5. The zero-order valence-electron chi connectivity index (χ0n) is 18.1. The zero-order valence-corrected chi connectivity index (χ0v) is 18.1. The maximum atomic E-state index is 13.2. The first-order valence-electron chi connectivity index (χ1n) is 10.2. The fourth-order valence-corrected chi connectivity index (χ4v) is 3.69. The molecule has 0 aliphatic heterocycles. The van der Waals surface area contributed by atoms with Gasteiger partial charge in [-0.05, 0) is 45.4 Å². The largest absolute Gasteiger partial charge is 0.350 e. The Kier molecular flexibility index (Phi) is 5.42. The van der Waals surface area contributed by atoms with E-state index < -0.39 is 6.04 Å². The number of benzene rings is 2. The van der Waals surface area contributed by atoms with Gasteiger partial charge in [-0.1, -0.05) is 48.0 Å². The molecule has 1 N–H and O–H groups in total. The number of hydrogen-bond acceptors (Lipinski definition) is 4. The molecule has 7 nitrogen and oxygen atoms in total. The van der Waals surface area contributed by atoms with Gasteiger partial charge < -0.3 is 5.32 Å². The number of para-hydroxylation sites is 1. The summed E-state index contributed by atoms with van der Waals surface area (Å²) in [6.07, 6.45) is 0. The summed E-state index contributed by atoms with van der Waals surface area (Å²) < 4.78 is 2.97. The summed E-state index contributed by atoms with van der Waals surface area (Å²) >= 11 is 0. The van der Waals surface area contributed by atoms with E-state index in [0.717, 1.165) is 27.9 Å².